The van der Waals surface area contributed by atoms with Gasteiger partial charge in [-0.1, -0.05) is 23.7 Å². The summed E-state index contributed by atoms with van der Waals surface area (Å²) >= 11 is 6.44. The first kappa shape index (κ1) is 13.7. The van der Waals surface area contributed by atoms with Gasteiger partial charge in [0.15, 0.2) is 0 Å². The summed E-state index contributed by atoms with van der Waals surface area (Å²) in [6.45, 7) is 1.34. The molecule has 1 nitrogen and oxygen atoms in total. The SMILES string of the molecule is CC(N)C(Sc1ccccc1Cl)C(F)(F)F. The Hall–Kier alpha value is -0.390. The maximum absolute atomic E-state index is 12.6. The normalized spacial score (nSPS) is 15.9. The molecule has 0 radical (unpaired) electrons. The highest BCUT2D eigenvalue weighted by atomic mass is 35.5. The van der Waals surface area contributed by atoms with Gasteiger partial charge in [-0.15, -0.1) is 11.8 Å². The Balaban J connectivity index is 2.89. The third kappa shape index (κ3) is 3.57. The summed E-state index contributed by atoms with van der Waals surface area (Å²) in [7, 11) is 0. The summed E-state index contributed by atoms with van der Waals surface area (Å²) in [5.41, 5.74) is 5.34. The Kier molecular flexibility index (Phi) is 4.52. The van der Waals surface area contributed by atoms with Crippen molar-refractivity contribution in [3.63, 3.8) is 0 Å². The zero-order valence-electron chi connectivity index (χ0n) is 8.46. The predicted molar refractivity (Wildman–Crippen MR) is 60.8 cm³/mol. The number of thioether (sulfide) groups is 1. The fourth-order valence-electron chi connectivity index (χ4n) is 1.15. The van der Waals surface area contributed by atoms with Gasteiger partial charge in [0, 0.05) is 10.9 Å². The molecule has 6 heteroatoms. The number of hydrogen-bond donors (Lipinski definition) is 1. The topological polar surface area (TPSA) is 26.0 Å². The van der Waals surface area contributed by atoms with Crippen LogP contribution in [0.4, 0.5) is 13.2 Å². The van der Waals surface area contributed by atoms with E-state index in [4.69, 9.17) is 17.3 Å². The molecular weight excluding hydrogens is 259 g/mol. The van der Waals surface area contributed by atoms with Crippen LogP contribution in [0.1, 0.15) is 6.92 Å². The molecule has 90 valence electrons. The van der Waals surface area contributed by atoms with Gasteiger partial charge in [-0.05, 0) is 19.1 Å². The molecule has 16 heavy (non-hydrogen) atoms. The van der Waals surface area contributed by atoms with Gasteiger partial charge < -0.3 is 5.73 Å². The molecule has 0 aromatic heterocycles. The molecule has 1 rings (SSSR count). The zero-order chi connectivity index (χ0) is 12.3. The second kappa shape index (κ2) is 5.29. The molecule has 2 N–H and O–H groups in total. The van der Waals surface area contributed by atoms with Crippen molar-refractivity contribution in [2.45, 2.75) is 29.3 Å². The van der Waals surface area contributed by atoms with E-state index in [9.17, 15) is 13.2 Å². The minimum atomic E-state index is -4.34. The molecule has 0 fully saturated rings. The van der Waals surface area contributed by atoms with Crippen molar-refractivity contribution in [2.75, 3.05) is 0 Å². The van der Waals surface area contributed by atoms with Crippen LogP contribution in [0.5, 0.6) is 0 Å². The van der Waals surface area contributed by atoms with Crippen LogP contribution in [0, 0.1) is 0 Å². The summed E-state index contributed by atoms with van der Waals surface area (Å²) in [5, 5.41) is -1.34. The summed E-state index contributed by atoms with van der Waals surface area (Å²) in [4.78, 5) is 0.392. The van der Waals surface area contributed by atoms with Crippen molar-refractivity contribution in [1.29, 1.82) is 0 Å². The molecule has 2 atom stereocenters. The summed E-state index contributed by atoms with van der Waals surface area (Å²) < 4.78 is 37.9. The predicted octanol–water partition coefficient (Wildman–Crippen LogP) is 3.71. The number of alkyl halides is 3. The molecule has 1 aromatic rings. The molecule has 0 aliphatic heterocycles. The fraction of sp³-hybridized carbons (Fsp3) is 0.400. The van der Waals surface area contributed by atoms with Crippen LogP contribution in [0.15, 0.2) is 29.2 Å². The van der Waals surface area contributed by atoms with Gasteiger partial charge in [-0.2, -0.15) is 13.2 Å². The van der Waals surface area contributed by atoms with E-state index in [1.807, 2.05) is 0 Å². The van der Waals surface area contributed by atoms with Gasteiger partial charge in [0.1, 0.15) is 5.25 Å². The van der Waals surface area contributed by atoms with E-state index in [-0.39, 0.29) is 0 Å². The lowest BCUT2D eigenvalue weighted by Gasteiger charge is -2.23. The zero-order valence-corrected chi connectivity index (χ0v) is 10.0. The van der Waals surface area contributed by atoms with E-state index < -0.39 is 17.5 Å². The molecule has 0 saturated carbocycles. The third-order valence-corrected chi connectivity index (χ3v) is 3.89. The van der Waals surface area contributed by atoms with Gasteiger partial charge in [0.25, 0.3) is 0 Å². The third-order valence-electron chi connectivity index (χ3n) is 1.89. The highest BCUT2D eigenvalue weighted by Gasteiger charge is 2.42. The first-order chi connectivity index (χ1) is 7.32. The van der Waals surface area contributed by atoms with Crippen molar-refractivity contribution < 1.29 is 13.2 Å². The van der Waals surface area contributed by atoms with Crippen LogP contribution in [0.3, 0.4) is 0 Å². The fourth-order valence-corrected chi connectivity index (χ4v) is 2.38. The summed E-state index contributed by atoms with van der Waals surface area (Å²) in [5.74, 6) is 0. The first-order valence-electron chi connectivity index (χ1n) is 4.56. The minimum Gasteiger partial charge on any atom is -0.327 e. The van der Waals surface area contributed by atoms with Crippen molar-refractivity contribution in [3.8, 4) is 0 Å². The number of nitrogens with two attached hydrogens (primary N) is 1. The van der Waals surface area contributed by atoms with Crippen LogP contribution >= 0.6 is 23.4 Å². The molecule has 0 aliphatic carbocycles. The Morgan fingerprint density at radius 2 is 1.88 bits per heavy atom. The smallest absolute Gasteiger partial charge is 0.327 e. The molecule has 0 heterocycles. The maximum atomic E-state index is 12.6. The monoisotopic (exact) mass is 269 g/mol. The van der Waals surface area contributed by atoms with Crippen LogP contribution in [0.25, 0.3) is 0 Å². The van der Waals surface area contributed by atoms with Crippen LogP contribution in [0.2, 0.25) is 5.02 Å². The number of rotatable bonds is 3. The molecule has 0 amide bonds. The van der Waals surface area contributed by atoms with E-state index >= 15 is 0 Å². The van der Waals surface area contributed by atoms with Crippen LogP contribution in [-0.4, -0.2) is 17.5 Å². The van der Waals surface area contributed by atoms with Gasteiger partial charge in [0.2, 0.25) is 0 Å². The van der Waals surface area contributed by atoms with Crippen molar-refractivity contribution in [1.82, 2.24) is 0 Å². The lowest BCUT2D eigenvalue weighted by Crippen LogP contribution is -2.40. The highest BCUT2D eigenvalue weighted by Crippen LogP contribution is 2.39. The van der Waals surface area contributed by atoms with E-state index in [0.29, 0.717) is 21.7 Å². The standard InChI is InChI=1S/C10H11ClF3NS/c1-6(15)9(10(12,13)14)16-8-5-3-2-4-7(8)11/h2-6,9H,15H2,1H3. The van der Waals surface area contributed by atoms with Gasteiger partial charge >= 0.3 is 6.18 Å². The molecule has 1 aromatic carbocycles. The van der Waals surface area contributed by atoms with Gasteiger partial charge in [0.05, 0.1) is 5.02 Å². The Labute approximate surface area is 101 Å². The maximum Gasteiger partial charge on any atom is 0.402 e. The second-order valence-corrected chi connectivity index (χ2v) is 4.96. The van der Waals surface area contributed by atoms with Crippen LogP contribution in [-0.2, 0) is 0 Å². The molecule has 0 bridgehead atoms. The van der Waals surface area contributed by atoms with E-state index in [1.165, 1.54) is 6.92 Å². The summed E-state index contributed by atoms with van der Waals surface area (Å²) in [6, 6.07) is 5.43. The average molecular weight is 270 g/mol. The minimum absolute atomic E-state index is 0.308. The largest absolute Gasteiger partial charge is 0.402 e. The lowest BCUT2D eigenvalue weighted by atomic mass is 10.2. The quantitative estimate of drug-likeness (QED) is 0.847. The van der Waals surface area contributed by atoms with Crippen molar-refractivity contribution in [3.05, 3.63) is 29.3 Å². The van der Waals surface area contributed by atoms with E-state index in [0.717, 1.165) is 0 Å². The van der Waals surface area contributed by atoms with Crippen molar-refractivity contribution >= 4 is 23.4 Å². The number of benzene rings is 1. The Morgan fingerprint density at radius 1 is 1.31 bits per heavy atom. The van der Waals surface area contributed by atoms with Gasteiger partial charge in [-0.3, -0.25) is 0 Å². The Morgan fingerprint density at radius 3 is 2.31 bits per heavy atom. The van der Waals surface area contributed by atoms with E-state index in [2.05, 4.69) is 0 Å². The molecular formula is C10H11ClF3NS. The summed E-state index contributed by atoms with van der Waals surface area (Å²) in [6.07, 6.45) is -4.34. The molecule has 0 spiro atoms. The second-order valence-electron chi connectivity index (χ2n) is 3.37. The van der Waals surface area contributed by atoms with Gasteiger partial charge in [-0.25, -0.2) is 0 Å². The van der Waals surface area contributed by atoms with Crippen molar-refractivity contribution in [2.24, 2.45) is 5.73 Å². The molecule has 0 aliphatic rings. The number of halogens is 4. The average Bonchev–Trinajstić information content (AvgIpc) is 2.14. The van der Waals surface area contributed by atoms with Crippen LogP contribution < -0.4 is 5.73 Å². The lowest BCUT2D eigenvalue weighted by molar-refractivity contribution is -0.131. The van der Waals surface area contributed by atoms with E-state index in [1.54, 1.807) is 24.3 Å². The first-order valence-corrected chi connectivity index (χ1v) is 5.81. The Bertz CT molecular complexity index is 354. The highest BCUT2D eigenvalue weighted by molar-refractivity contribution is 8.00. The number of hydrogen-bond acceptors (Lipinski definition) is 2. The molecule has 0 saturated heterocycles. The molecule has 2 unspecified atom stereocenters.